The maximum atomic E-state index is 13.1. The minimum absolute atomic E-state index is 0.0394. The molecule has 0 radical (unpaired) electrons. The molecule has 0 bridgehead atoms. The maximum Gasteiger partial charge on any atom is 0.320 e. The molecule has 5 heterocycles. The molecule has 1 spiro atoms. The fourth-order valence-electron chi connectivity index (χ4n) is 5.46. The number of aryl methyl sites for hydroxylation is 1. The van der Waals surface area contributed by atoms with Gasteiger partial charge in [0.25, 0.3) is 0 Å². The van der Waals surface area contributed by atoms with Crippen molar-refractivity contribution in [1.29, 1.82) is 0 Å². The summed E-state index contributed by atoms with van der Waals surface area (Å²) in [7, 11) is 2.12. The van der Waals surface area contributed by atoms with Gasteiger partial charge in [0.15, 0.2) is 0 Å². The van der Waals surface area contributed by atoms with Gasteiger partial charge in [0.05, 0.1) is 11.2 Å². The Labute approximate surface area is 182 Å². The Morgan fingerprint density at radius 1 is 0.968 bits per heavy atom. The molecule has 31 heavy (non-hydrogen) atoms. The van der Waals surface area contributed by atoms with E-state index in [4.69, 9.17) is 5.10 Å². The Hall–Kier alpha value is -2.93. The van der Waals surface area contributed by atoms with Crippen molar-refractivity contribution < 1.29 is 4.79 Å². The van der Waals surface area contributed by atoms with E-state index in [1.54, 1.807) is 0 Å². The lowest BCUT2D eigenvalue weighted by Crippen LogP contribution is -2.51. The predicted octanol–water partition coefficient (Wildman–Crippen LogP) is 2.81. The second kappa shape index (κ2) is 7.05. The summed E-state index contributed by atoms with van der Waals surface area (Å²) in [6.45, 7) is 6.14. The largest absolute Gasteiger partial charge is 0.324 e. The number of aromatic nitrogens is 3. The van der Waals surface area contributed by atoms with Crippen molar-refractivity contribution in [2.45, 2.75) is 24.8 Å². The number of hydrogen-bond acceptors (Lipinski definition) is 4. The number of likely N-dealkylation sites (tertiary alicyclic amines) is 1. The molecule has 0 saturated carbocycles. The zero-order valence-electron chi connectivity index (χ0n) is 18.0. The van der Waals surface area contributed by atoms with Gasteiger partial charge in [-0.3, -0.25) is 9.67 Å². The zero-order valence-corrected chi connectivity index (χ0v) is 18.0. The van der Waals surface area contributed by atoms with E-state index in [2.05, 4.69) is 44.7 Å². The van der Waals surface area contributed by atoms with Crippen molar-refractivity contribution in [3.8, 4) is 11.3 Å². The van der Waals surface area contributed by atoms with Crippen molar-refractivity contribution in [2.24, 2.45) is 0 Å². The molecule has 3 aliphatic heterocycles. The number of urea groups is 1. The molecule has 160 valence electrons. The lowest BCUT2D eigenvalue weighted by Gasteiger charge is -2.35. The summed E-state index contributed by atoms with van der Waals surface area (Å²) in [6.07, 6.45) is 4.01. The average Bonchev–Trinajstić information content (AvgIpc) is 3.50. The van der Waals surface area contributed by atoms with Crippen molar-refractivity contribution in [1.82, 2.24) is 29.5 Å². The molecule has 1 atom stereocenters. The Kier molecular flexibility index (Phi) is 4.28. The maximum absolute atomic E-state index is 13.1. The van der Waals surface area contributed by atoms with Crippen LogP contribution in [0.3, 0.4) is 0 Å². The highest BCUT2D eigenvalue weighted by molar-refractivity contribution is 5.82. The molecule has 0 unspecified atom stereocenters. The second-order valence-corrected chi connectivity index (χ2v) is 9.33. The Morgan fingerprint density at radius 3 is 2.65 bits per heavy atom. The van der Waals surface area contributed by atoms with Crippen LogP contribution in [0.2, 0.25) is 0 Å². The first-order valence-corrected chi connectivity index (χ1v) is 11.3. The predicted molar refractivity (Wildman–Crippen MR) is 120 cm³/mol. The highest BCUT2D eigenvalue weighted by atomic mass is 16.2. The molecular formula is C24H28N6O. The first-order valence-electron chi connectivity index (χ1n) is 11.3. The quantitative estimate of drug-likeness (QED) is 0.612. The highest BCUT2D eigenvalue weighted by Gasteiger charge is 2.47. The van der Waals surface area contributed by atoms with E-state index in [-0.39, 0.29) is 11.4 Å². The normalized spacial score (nSPS) is 23.8. The van der Waals surface area contributed by atoms with Crippen LogP contribution in [0.1, 0.15) is 18.5 Å². The van der Waals surface area contributed by atoms with E-state index in [0.717, 1.165) is 80.8 Å². The molecule has 3 aromatic rings. The molecule has 2 amide bonds. The first-order chi connectivity index (χ1) is 15.1. The summed E-state index contributed by atoms with van der Waals surface area (Å²) in [4.78, 5) is 24.1. The minimum Gasteiger partial charge on any atom is -0.324 e. The molecule has 3 aliphatic rings. The van der Waals surface area contributed by atoms with Crippen molar-refractivity contribution in [2.75, 3.05) is 46.3 Å². The van der Waals surface area contributed by atoms with Gasteiger partial charge >= 0.3 is 6.03 Å². The number of carbonyl (C=O) groups excluding carboxylic acids is 1. The number of fused-ring (bicyclic) bond motifs is 3. The van der Waals surface area contributed by atoms with Crippen LogP contribution in [0.4, 0.5) is 4.79 Å². The van der Waals surface area contributed by atoms with Gasteiger partial charge in [-0.05, 0) is 38.1 Å². The van der Waals surface area contributed by atoms with Crippen LogP contribution in [0.15, 0.2) is 42.6 Å². The van der Waals surface area contributed by atoms with Gasteiger partial charge in [-0.1, -0.05) is 18.2 Å². The minimum atomic E-state index is 0.0394. The number of amides is 2. The van der Waals surface area contributed by atoms with Crippen LogP contribution < -0.4 is 0 Å². The van der Waals surface area contributed by atoms with Gasteiger partial charge in [0.2, 0.25) is 0 Å². The van der Waals surface area contributed by atoms with Gasteiger partial charge in [0, 0.05) is 74.1 Å². The van der Waals surface area contributed by atoms with Crippen LogP contribution in [-0.4, -0.2) is 81.8 Å². The van der Waals surface area contributed by atoms with Crippen LogP contribution in [0, 0.1) is 0 Å². The van der Waals surface area contributed by atoms with E-state index in [9.17, 15) is 4.79 Å². The number of likely N-dealkylation sites (N-methyl/N-ethyl adjacent to an activating group) is 1. The number of piperazine rings is 1. The molecule has 6 rings (SSSR count). The zero-order chi connectivity index (χ0) is 21.0. The monoisotopic (exact) mass is 416 g/mol. The number of benzene rings is 1. The summed E-state index contributed by atoms with van der Waals surface area (Å²) >= 11 is 0. The first kappa shape index (κ1) is 18.8. The lowest BCUT2D eigenvalue weighted by atomic mass is 9.82. The van der Waals surface area contributed by atoms with Gasteiger partial charge in [-0.15, -0.1) is 0 Å². The summed E-state index contributed by atoms with van der Waals surface area (Å²) in [5, 5.41) is 6.04. The molecule has 1 aromatic carbocycles. The second-order valence-electron chi connectivity index (χ2n) is 9.33. The number of nitrogens with zero attached hydrogens (tertiary/aromatic N) is 6. The molecule has 0 N–H and O–H groups in total. The van der Waals surface area contributed by atoms with Crippen molar-refractivity contribution in [3.63, 3.8) is 0 Å². The Balaban J connectivity index is 1.24. The molecule has 7 nitrogen and oxygen atoms in total. The van der Waals surface area contributed by atoms with E-state index in [1.165, 1.54) is 5.69 Å². The summed E-state index contributed by atoms with van der Waals surface area (Å²) in [6, 6.07) is 12.8. The number of pyridine rings is 1. The third kappa shape index (κ3) is 3.10. The summed E-state index contributed by atoms with van der Waals surface area (Å²) in [5.74, 6) is 0. The van der Waals surface area contributed by atoms with Gasteiger partial charge in [0.1, 0.15) is 0 Å². The molecule has 7 heteroatoms. The SMILES string of the molecule is CN1CCN(C(=O)N2CC[C@]3(CCn4nc(-c5cnc6ccccc6c5)cc43)C2)CC1. The van der Waals surface area contributed by atoms with E-state index in [1.807, 2.05) is 29.3 Å². The molecular weight excluding hydrogens is 388 g/mol. The number of carbonyl (C=O) groups is 1. The topological polar surface area (TPSA) is 57.5 Å². The summed E-state index contributed by atoms with van der Waals surface area (Å²) in [5.41, 5.74) is 4.36. The average molecular weight is 417 g/mol. The molecule has 2 fully saturated rings. The lowest BCUT2D eigenvalue weighted by molar-refractivity contribution is 0.127. The van der Waals surface area contributed by atoms with Crippen LogP contribution in [-0.2, 0) is 12.0 Å². The van der Waals surface area contributed by atoms with Crippen LogP contribution >= 0.6 is 0 Å². The number of rotatable bonds is 1. The van der Waals surface area contributed by atoms with E-state index < -0.39 is 0 Å². The molecule has 2 aromatic heterocycles. The van der Waals surface area contributed by atoms with Crippen molar-refractivity contribution >= 4 is 16.9 Å². The van der Waals surface area contributed by atoms with E-state index in [0.29, 0.717) is 0 Å². The number of para-hydroxylation sites is 1. The standard InChI is InChI=1S/C24H28N6O/c1-27-10-12-28(13-11-27)23(31)29-8-6-24(17-29)7-9-30-22(24)15-21(26-30)19-14-18-4-2-3-5-20(18)25-16-19/h2-5,14-16H,6-13,17H2,1H3/t24-/m0/s1. The smallest absolute Gasteiger partial charge is 0.320 e. The van der Waals surface area contributed by atoms with Crippen LogP contribution in [0.5, 0.6) is 0 Å². The Morgan fingerprint density at radius 2 is 1.77 bits per heavy atom. The number of hydrogen-bond donors (Lipinski definition) is 0. The third-order valence-electron chi connectivity index (χ3n) is 7.41. The third-order valence-corrected chi connectivity index (χ3v) is 7.41. The van der Waals surface area contributed by atoms with E-state index >= 15 is 0 Å². The fraction of sp³-hybridized carbons (Fsp3) is 0.458. The van der Waals surface area contributed by atoms with Crippen LogP contribution in [0.25, 0.3) is 22.2 Å². The molecule has 0 aliphatic carbocycles. The fourth-order valence-corrected chi connectivity index (χ4v) is 5.46. The molecule has 2 saturated heterocycles. The highest BCUT2D eigenvalue weighted by Crippen LogP contribution is 2.44. The van der Waals surface area contributed by atoms with Gasteiger partial charge in [-0.25, -0.2) is 4.79 Å². The van der Waals surface area contributed by atoms with Gasteiger partial charge in [-0.2, -0.15) is 5.10 Å². The van der Waals surface area contributed by atoms with Gasteiger partial charge < -0.3 is 14.7 Å². The Bertz CT molecular complexity index is 1150. The summed E-state index contributed by atoms with van der Waals surface area (Å²) < 4.78 is 2.16. The van der Waals surface area contributed by atoms with Crippen molar-refractivity contribution in [3.05, 3.63) is 48.3 Å².